The quantitative estimate of drug-likeness (QED) is 0.755. The molecular weight excluding hydrogens is 230 g/mol. The van der Waals surface area contributed by atoms with E-state index in [4.69, 9.17) is 11.6 Å². The standard InChI is InChI=1S/C9H10ClN5O/c10-7-3-8(13-5-1-6(16)2-5)15-9(14-7)11-4-12-15/h3-6,13,16H,1-2H2. The van der Waals surface area contributed by atoms with Crippen molar-refractivity contribution in [1.82, 2.24) is 19.6 Å². The van der Waals surface area contributed by atoms with Crippen molar-refractivity contribution in [1.29, 1.82) is 0 Å². The molecule has 0 spiro atoms. The molecule has 7 heteroatoms. The van der Waals surface area contributed by atoms with Crippen molar-refractivity contribution in [2.24, 2.45) is 0 Å². The van der Waals surface area contributed by atoms with Gasteiger partial charge in [0, 0.05) is 12.1 Å². The van der Waals surface area contributed by atoms with Gasteiger partial charge in [-0.05, 0) is 12.8 Å². The predicted octanol–water partition coefficient (Wildman–Crippen LogP) is 0.713. The van der Waals surface area contributed by atoms with Crippen LogP contribution in [0.5, 0.6) is 0 Å². The first kappa shape index (κ1) is 9.80. The molecule has 16 heavy (non-hydrogen) atoms. The van der Waals surface area contributed by atoms with E-state index in [2.05, 4.69) is 20.4 Å². The predicted molar refractivity (Wildman–Crippen MR) is 58.4 cm³/mol. The van der Waals surface area contributed by atoms with Gasteiger partial charge in [0.25, 0.3) is 5.78 Å². The van der Waals surface area contributed by atoms with Crippen LogP contribution in [0, 0.1) is 0 Å². The van der Waals surface area contributed by atoms with E-state index in [0.717, 1.165) is 18.7 Å². The third-order valence-electron chi connectivity index (χ3n) is 2.69. The van der Waals surface area contributed by atoms with E-state index in [1.807, 2.05) is 0 Å². The van der Waals surface area contributed by atoms with Crippen molar-refractivity contribution < 1.29 is 5.11 Å². The highest BCUT2D eigenvalue weighted by Crippen LogP contribution is 2.24. The zero-order chi connectivity index (χ0) is 11.1. The van der Waals surface area contributed by atoms with Crippen LogP contribution in [-0.2, 0) is 0 Å². The lowest BCUT2D eigenvalue weighted by Crippen LogP contribution is -2.39. The SMILES string of the molecule is OC1CC(Nc2cc(Cl)nc3ncnn23)C1. The summed E-state index contributed by atoms with van der Waals surface area (Å²) in [6.07, 6.45) is 2.73. The Morgan fingerprint density at radius 1 is 1.50 bits per heavy atom. The van der Waals surface area contributed by atoms with Crippen LogP contribution >= 0.6 is 11.6 Å². The van der Waals surface area contributed by atoms with Crippen molar-refractivity contribution in [3.8, 4) is 0 Å². The highest BCUT2D eigenvalue weighted by Gasteiger charge is 2.27. The number of aromatic nitrogens is 4. The van der Waals surface area contributed by atoms with Gasteiger partial charge in [0.1, 0.15) is 17.3 Å². The van der Waals surface area contributed by atoms with E-state index in [1.165, 1.54) is 6.33 Å². The molecule has 2 heterocycles. The summed E-state index contributed by atoms with van der Waals surface area (Å²) < 4.78 is 1.59. The number of hydrogen-bond donors (Lipinski definition) is 2. The first-order chi connectivity index (χ1) is 7.72. The zero-order valence-corrected chi connectivity index (χ0v) is 9.09. The molecule has 84 valence electrons. The number of fused-ring (bicyclic) bond motifs is 1. The van der Waals surface area contributed by atoms with Crippen LogP contribution in [-0.4, -0.2) is 36.8 Å². The third kappa shape index (κ3) is 1.60. The topological polar surface area (TPSA) is 75.3 Å². The monoisotopic (exact) mass is 239 g/mol. The van der Waals surface area contributed by atoms with Gasteiger partial charge in [-0.2, -0.15) is 19.6 Å². The lowest BCUT2D eigenvalue weighted by Gasteiger charge is -2.32. The normalized spacial score (nSPS) is 24.4. The van der Waals surface area contributed by atoms with Crippen LogP contribution in [0.15, 0.2) is 12.4 Å². The molecule has 0 atom stereocenters. The van der Waals surface area contributed by atoms with Gasteiger partial charge >= 0.3 is 0 Å². The van der Waals surface area contributed by atoms with E-state index in [0.29, 0.717) is 10.9 Å². The summed E-state index contributed by atoms with van der Waals surface area (Å²) in [5, 5.41) is 16.9. The number of rotatable bonds is 2. The van der Waals surface area contributed by atoms with E-state index in [-0.39, 0.29) is 12.1 Å². The van der Waals surface area contributed by atoms with E-state index < -0.39 is 0 Å². The molecule has 0 unspecified atom stereocenters. The molecule has 0 bridgehead atoms. The molecule has 0 aliphatic heterocycles. The highest BCUT2D eigenvalue weighted by molar-refractivity contribution is 6.29. The Bertz CT molecular complexity index is 522. The molecule has 6 nitrogen and oxygen atoms in total. The van der Waals surface area contributed by atoms with E-state index in [1.54, 1.807) is 10.6 Å². The molecule has 1 saturated carbocycles. The Labute approximate surface area is 96.3 Å². The molecule has 3 rings (SSSR count). The summed E-state index contributed by atoms with van der Waals surface area (Å²) in [6, 6.07) is 1.97. The van der Waals surface area contributed by atoms with Gasteiger partial charge in [-0.15, -0.1) is 0 Å². The molecule has 1 aliphatic rings. The average Bonchev–Trinajstić information content (AvgIpc) is 2.62. The molecule has 2 aromatic heterocycles. The van der Waals surface area contributed by atoms with Crippen LogP contribution in [0.25, 0.3) is 5.78 Å². The molecule has 0 aromatic carbocycles. The third-order valence-corrected chi connectivity index (χ3v) is 2.88. The number of nitrogens with zero attached hydrogens (tertiary/aromatic N) is 4. The van der Waals surface area contributed by atoms with Crippen molar-refractivity contribution in [3.63, 3.8) is 0 Å². The van der Waals surface area contributed by atoms with Crippen LogP contribution in [0.2, 0.25) is 5.15 Å². The second kappa shape index (κ2) is 3.57. The van der Waals surface area contributed by atoms with Crippen molar-refractivity contribution in [2.45, 2.75) is 25.0 Å². The Balaban J connectivity index is 1.92. The highest BCUT2D eigenvalue weighted by atomic mass is 35.5. The Kier molecular flexibility index (Phi) is 2.19. The van der Waals surface area contributed by atoms with Gasteiger partial charge < -0.3 is 10.4 Å². The van der Waals surface area contributed by atoms with Gasteiger partial charge in [-0.3, -0.25) is 0 Å². The van der Waals surface area contributed by atoms with Gasteiger partial charge in [0.15, 0.2) is 0 Å². The van der Waals surface area contributed by atoms with Crippen LogP contribution < -0.4 is 5.32 Å². The number of aliphatic hydroxyl groups is 1. The summed E-state index contributed by atoms with van der Waals surface area (Å²) in [5.41, 5.74) is 0. The maximum absolute atomic E-state index is 9.21. The summed E-state index contributed by atoms with van der Waals surface area (Å²) in [7, 11) is 0. The van der Waals surface area contributed by atoms with Crippen molar-refractivity contribution in [2.75, 3.05) is 5.32 Å². The van der Waals surface area contributed by atoms with E-state index >= 15 is 0 Å². The number of anilines is 1. The number of aliphatic hydroxyl groups excluding tert-OH is 1. The minimum atomic E-state index is -0.193. The number of halogens is 1. The minimum absolute atomic E-state index is 0.193. The first-order valence-corrected chi connectivity index (χ1v) is 5.41. The first-order valence-electron chi connectivity index (χ1n) is 5.03. The fourth-order valence-corrected chi connectivity index (χ4v) is 1.98. The zero-order valence-electron chi connectivity index (χ0n) is 8.34. The average molecular weight is 240 g/mol. The number of nitrogens with one attached hydrogen (secondary N) is 1. The molecule has 1 aliphatic carbocycles. The maximum atomic E-state index is 9.21. The second-order valence-corrected chi connectivity index (χ2v) is 4.29. The summed E-state index contributed by atoms with van der Waals surface area (Å²) in [6.45, 7) is 0. The molecule has 2 aromatic rings. The molecule has 0 amide bonds. The molecule has 2 N–H and O–H groups in total. The van der Waals surface area contributed by atoms with Crippen LogP contribution in [0.4, 0.5) is 5.82 Å². The molecular formula is C9H10ClN5O. The summed E-state index contributed by atoms with van der Waals surface area (Å²) >= 11 is 5.87. The van der Waals surface area contributed by atoms with Gasteiger partial charge in [0.2, 0.25) is 0 Å². The smallest absolute Gasteiger partial charge is 0.255 e. The molecule has 1 fully saturated rings. The minimum Gasteiger partial charge on any atom is -0.393 e. The van der Waals surface area contributed by atoms with Crippen LogP contribution in [0.3, 0.4) is 0 Å². The lowest BCUT2D eigenvalue weighted by molar-refractivity contribution is 0.0835. The Morgan fingerprint density at radius 3 is 3.06 bits per heavy atom. The van der Waals surface area contributed by atoms with Crippen LogP contribution in [0.1, 0.15) is 12.8 Å². The van der Waals surface area contributed by atoms with Gasteiger partial charge in [-0.25, -0.2) is 0 Å². The van der Waals surface area contributed by atoms with Gasteiger partial charge in [0.05, 0.1) is 6.10 Å². The molecule has 0 radical (unpaired) electrons. The van der Waals surface area contributed by atoms with Crippen molar-refractivity contribution in [3.05, 3.63) is 17.5 Å². The number of hydrogen-bond acceptors (Lipinski definition) is 5. The fraction of sp³-hybridized carbons (Fsp3) is 0.444. The largest absolute Gasteiger partial charge is 0.393 e. The summed E-state index contributed by atoms with van der Waals surface area (Å²) in [5.74, 6) is 1.22. The van der Waals surface area contributed by atoms with Gasteiger partial charge in [-0.1, -0.05) is 11.6 Å². The maximum Gasteiger partial charge on any atom is 0.255 e. The molecule has 0 saturated heterocycles. The van der Waals surface area contributed by atoms with E-state index in [9.17, 15) is 5.11 Å². The van der Waals surface area contributed by atoms with Crippen molar-refractivity contribution >= 4 is 23.2 Å². The fourth-order valence-electron chi connectivity index (χ4n) is 1.80. The Hall–Kier alpha value is -1.40. The Morgan fingerprint density at radius 2 is 2.31 bits per heavy atom. The second-order valence-electron chi connectivity index (χ2n) is 3.90. The lowest BCUT2D eigenvalue weighted by atomic mass is 9.89. The summed E-state index contributed by atoms with van der Waals surface area (Å²) in [4.78, 5) is 8.00.